The summed E-state index contributed by atoms with van der Waals surface area (Å²) in [6, 6.07) is 8.49. The molecule has 0 atom stereocenters. The Labute approximate surface area is 96.1 Å². The molecule has 0 spiro atoms. The second-order valence-corrected chi connectivity index (χ2v) is 3.90. The van der Waals surface area contributed by atoms with Gasteiger partial charge in [0.1, 0.15) is 5.82 Å². The lowest BCUT2D eigenvalue weighted by Crippen LogP contribution is -2.13. The molecule has 0 aliphatic carbocycles. The summed E-state index contributed by atoms with van der Waals surface area (Å²) in [5, 5.41) is 3.14. The Bertz CT molecular complexity index is 442. The molecule has 2 rings (SSSR count). The molecule has 1 heterocycles. The van der Waals surface area contributed by atoms with Gasteiger partial charge in [0.2, 0.25) is 0 Å². The van der Waals surface area contributed by atoms with E-state index in [2.05, 4.69) is 46.1 Å². The molecule has 1 aromatic heterocycles. The summed E-state index contributed by atoms with van der Waals surface area (Å²) in [6.07, 6.45) is 4.80. The number of aryl methyl sites for hydroxylation is 1. The maximum absolute atomic E-state index is 4.38. The molecular formula is C13H17N3. The van der Waals surface area contributed by atoms with Crippen LogP contribution in [0.2, 0.25) is 0 Å². The third-order valence-corrected chi connectivity index (χ3v) is 2.63. The molecule has 0 saturated carbocycles. The van der Waals surface area contributed by atoms with Crippen molar-refractivity contribution < 1.29 is 0 Å². The Morgan fingerprint density at radius 3 is 2.69 bits per heavy atom. The van der Waals surface area contributed by atoms with Gasteiger partial charge in [-0.05, 0) is 26.1 Å². The summed E-state index contributed by atoms with van der Waals surface area (Å²) < 4.78 is 2.14. The maximum Gasteiger partial charge on any atom is 0.114 e. The molecule has 3 nitrogen and oxygen atoms in total. The number of benzene rings is 1. The Morgan fingerprint density at radius 2 is 2.00 bits per heavy atom. The number of hydrogen-bond donors (Lipinski definition) is 1. The average Bonchev–Trinajstić information content (AvgIpc) is 2.75. The second kappa shape index (κ2) is 4.94. The van der Waals surface area contributed by atoms with Crippen molar-refractivity contribution in [3.63, 3.8) is 0 Å². The number of rotatable bonds is 4. The zero-order valence-electron chi connectivity index (χ0n) is 9.77. The van der Waals surface area contributed by atoms with E-state index in [0.29, 0.717) is 0 Å². The third-order valence-electron chi connectivity index (χ3n) is 2.63. The summed E-state index contributed by atoms with van der Waals surface area (Å²) in [4.78, 5) is 4.38. The van der Waals surface area contributed by atoms with E-state index in [0.717, 1.165) is 18.8 Å². The first-order valence-corrected chi connectivity index (χ1v) is 5.55. The summed E-state index contributed by atoms with van der Waals surface area (Å²) in [6.45, 7) is 3.04. The number of hydrogen-bond acceptors (Lipinski definition) is 2. The van der Waals surface area contributed by atoms with E-state index in [9.17, 15) is 0 Å². The van der Waals surface area contributed by atoms with E-state index in [1.807, 2.05) is 19.4 Å². The highest BCUT2D eigenvalue weighted by molar-refractivity contribution is 5.35. The minimum absolute atomic E-state index is 0.942. The van der Waals surface area contributed by atoms with Gasteiger partial charge in [0.05, 0.1) is 0 Å². The fourth-order valence-corrected chi connectivity index (χ4v) is 1.70. The minimum Gasteiger partial charge on any atom is -0.319 e. The van der Waals surface area contributed by atoms with Crippen LogP contribution in [0, 0.1) is 6.92 Å². The zero-order valence-corrected chi connectivity index (χ0v) is 9.77. The predicted molar refractivity (Wildman–Crippen MR) is 65.9 cm³/mol. The van der Waals surface area contributed by atoms with Crippen molar-refractivity contribution in [2.45, 2.75) is 13.3 Å². The smallest absolute Gasteiger partial charge is 0.114 e. The number of nitrogens with one attached hydrogen (secondary N) is 1. The zero-order chi connectivity index (χ0) is 11.4. The number of imidazole rings is 1. The molecule has 16 heavy (non-hydrogen) atoms. The number of nitrogens with zero attached hydrogens (tertiary/aromatic N) is 2. The SMILES string of the molecule is CNCCc1nccn1-c1ccc(C)cc1. The quantitative estimate of drug-likeness (QED) is 0.844. The molecule has 0 amide bonds. The third kappa shape index (κ3) is 2.31. The summed E-state index contributed by atoms with van der Waals surface area (Å²) in [7, 11) is 1.96. The molecule has 0 fully saturated rings. The summed E-state index contributed by atoms with van der Waals surface area (Å²) in [5.74, 6) is 1.10. The first-order valence-electron chi connectivity index (χ1n) is 5.55. The van der Waals surface area contributed by atoms with Crippen LogP contribution in [0.3, 0.4) is 0 Å². The second-order valence-electron chi connectivity index (χ2n) is 3.90. The highest BCUT2D eigenvalue weighted by Gasteiger charge is 2.03. The van der Waals surface area contributed by atoms with E-state index < -0.39 is 0 Å². The van der Waals surface area contributed by atoms with Crippen LogP contribution < -0.4 is 5.32 Å². The molecule has 2 aromatic rings. The van der Waals surface area contributed by atoms with Gasteiger partial charge >= 0.3 is 0 Å². The van der Waals surface area contributed by atoms with Crippen molar-refractivity contribution in [3.05, 3.63) is 48.0 Å². The lowest BCUT2D eigenvalue weighted by atomic mass is 10.2. The van der Waals surface area contributed by atoms with Gasteiger partial charge in [-0.2, -0.15) is 0 Å². The van der Waals surface area contributed by atoms with Crippen molar-refractivity contribution in [1.82, 2.24) is 14.9 Å². The van der Waals surface area contributed by atoms with Gasteiger partial charge in [0, 0.05) is 31.0 Å². The Morgan fingerprint density at radius 1 is 1.25 bits per heavy atom. The lowest BCUT2D eigenvalue weighted by Gasteiger charge is -2.07. The molecule has 3 heteroatoms. The van der Waals surface area contributed by atoms with Crippen LogP contribution in [0.15, 0.2) is 36.7 Å². The van der Waals surface area contributed by atoms with Crippen molar-refractivity contribution in [1.29, 1.82) is 0 Å². The highest BCUT2D eigenvalue weighted by Crippen LogP contribution is 2.11. The topological polar surface area (TPSA) is 29.9 Å². The predicted octanol–water partition coefficient (Wildman–Crippen LogP) is 1.94. The minimum atomic E-state index is 0.942. The van der Waals surface area contributed by atoms with E-state index in [1.54, 1.807) is 0 Å². The van der Waals surface area contributed by atoms with Crippen LogP contribution in [0.4, 0.5) is 0 Å². The molecular weight excluding hydrogens is 198 g/mol. The maximum atomic E-state index is 4.38. The van der Waals surface area contributed by atoms with Gasteiger partial charge in [-0.15, -0.1) is 0 Å². The fourth-order valence-electron chi connectivity index (χ4n) is 1.70. The summed E-state index contributed by atoms with van der Waals surface area (Å²) >= 11 is 0. The molecule has 0 saturated heterocycles. The first kappa shape index (κ1) is 10.9. The van der Waals surface area contributed by atoms with Gasteiger partial charge in [-0.1, -0.05) is 17.7 Å². The van der Waals surface area contributed by atoms with Crippen molar-refractivity contribution >= 4 is 0 Å². The molecule has 0 unspecified atom stereocenters. The van der Waals surface area contributed by atoms with Crippen LogP contribution in [-0.4, -0.2) is 23.1 Å². The van der Waals surface area contributed by atoms with Gasteiger partial charge in [0.25, 0.3) is 0 Å². The van der Waals surface area contributed by atoms with Gasteiger partial charge in [-0.3, -0.25) is 0 Å². The molecule has 0 radical (unpaired) electrons. The van der Waals surface area contributed by atoms with E-state index >= 15 is 0 Å². The van der Waals surface area contributed by atoms with Crippen LogP contribution in [-0.2, 0) is 6.42 Å². The molecule has 0 aliphatic heterocycles. The summed E-state index contributed by atoms with van der Waals surface area (Å²) in [5.41, 5.74) is 2.45. The van der Waals surface area contributed by atoms with E-state index in [-0.39, 0.29) is 0 Å². The fraction of sp³-hybridized carbons (Fsp3) is 0.308. The molecule has 1 aromatic carbocycles. The Kier molecular flexibility index (Phi) is 3.37. The normalized spacial score (nSPS) is 10.6. The van der Waals surface area contributed by atoms with Crippen LogP contribution in [0.1, 0.15) is 11.4 Å². The van der Waals surface area contributed by atoms with Gasteiger partial charge < -0.3 is 9.88 Å². The molecule has 0 bridgehead atoms. The van der Waals surface area contributed by atoms with Crippen molar-refractivity contribution in [2.24, 2.45) is 0 Å². The largest absolute Gasteiger partial charge is 0.319 e. The molecule has 84 valence electrons. The van der Waals surface area contributed by atoms with Crippen molar-refractivity contribution in [2.75, 3.05) is 13.6 Å². The van der Waals surface area contributed by atoms with Crippen LogP contribution in [0.25, 0.3) is 5.69 Å². The number of likely N-dealkylation sites (N-methyl/N-ethyl adjacent to an activating group) is 1. The van der Waals surface area contributed by atoms with Crippen LogP contribution >= 0.6 is 0 Å². The lowest BCUT2D eigenvalue weighted by molar-refractivity contribution is 0.743. The van der Waals surface area contributed by atoms with Gasteiger partial charge in [-0.25, -0.2) is 4.98 Å². The molecule has 0 aliphatic rings. The van der Waals surface area contributed by atoms with Gasteiger partial charge in [0.15, 0.2) is 0 Å². The van der Waals surface area contributed by atoms with Crippen molar-refractivity contribution in [3.8, 4) is 5.69 Å². The Hall–Kier alpha value is -1.61. The average molecular weight is 215 g/mol. The Balaban J connectivity index is 2.26. The van der Waals surface area contributed by atoms with E-state index in [1.165, 1.54) is 11.3 Å². The first-order chi connectivity index (χ1) is 7.81. The standard InChI is InChI=1S/C13H17N3/c1-11-3-5-12(6-4-11)16-10-9-15-13(16)7-8-14-2/h3-6,9-10,14H,7-8H2,1-2H3. The van der Waals surface area contributed by atoms with E-state index in [4.69, 9.17) is 0 Å². The number of aromatic nitrogens is 2. The molecule has 1 N–H and O–H groups in total. The highest BCUT2D eigenvalue weighted by atomic mass is 15.1. The monoisotopic (exact) mass is 215 g/mol. The van der Waals surface area contributed by atoms with Crippen LogP contribution in [0.5, 0.6) is 0 Å².